The van der Waals surface area contributed by atoms with Gasteiger partial charge < -0.3 is 4.89 Å². The van der Waals surface area contributed by atoms with Gasteiger partial charge in [0.25, 0.3) is 0 Å². The first-order valence-electron chi connectivity index (χ1n) is 3.80. The molecule has 1 nitrogen and oxygen atoms in total. The minimum absolute atomic E-state index is 1.02. The summed E-state index contributed by atoms with van der Waals surface area (Å²) in [5.41, 5.74) is 1.12. The van der Waals surface area contributed by atoms with Crippen molar-refractivity contribution in [2.75, 3.05) is 0 Å². The normalized spacial score (nSPS) is 11.6. The zero-order valence-electron chi connectivity index (χ0n) is 6.51. The highest BCUT2D eigenvalue weighted by atomic mass is 31.1. The van der Waals surface area contributed by atoms with E-state index < -0.39 is 7.76 Å². The molecule has 0 saturated carbocycles. The lowest BCUT2D eigenvalue weighted by molar-refractivity contribution is 0.650. The predicted molar refractivity (Wildman–Crippen MR) is 52.2 cm³/mol. The van der Waals surface area contributed by atoms with Gasteiger partial charge in [0.15, 0.2) is 0 Å². The standard InChI is InChI=1S/C10H9OP/c11-12-8-4-7-10(12)9-5-2-1-3-6-9/h1-8,11H. The maximum absolute atomic E-state index is 9.55. The molecule has 1 heterocycles. The molecule has 1 unspecified atom stereocenters. The van der Waals surface area contributed by atoms with E-state index in [1.807, 2.05) is 48.3 Å². The summed E-state index contributed by atoms with van der Waals surface area (Å²) in [4.78, 5) is 9.55. The Hall–Kier alpha value is -1.04. The average molecular weight is 176 g/mol. The van der Waals surface area contributed by atoms with Gasteiger partial charge in [-0.15, -0.1) is 0 Å². The van der Waals surface area contributed by atoms with Crippen molar-refractivity contribution in [3.8, 4) is 10.9 Å². The van der Waals surface area contributed by atoms with Crippen LogP contribution in [0.2, 0.25) is 0 Å². The molecule has 0 aliphatic heterocycles. The molecular weight excluding hydrogens is 167 g/mol. The van der Waals surface area contributed by atoms with Gasteiger partial charge >= 0.3 is 0 Å². The fourth-order valence-electron chi connectivity index (χ4n) is 1.21. The largest absolute Gasteiger partial charge is 0.346 e. The van der Waals surface area contributed by atoms with Gasteiger partial charge in [0.1, 0.15) is 0 Å². The monoisotopic (exact) mass is 176 g/mol. The molecule has 60 valence electrons. The minimum Gasteiger partial charge on any atom is -0.346 e. The van der Waals surface area contributed by atoms with Crippen LogP contribution >= 0.6 is 7.76 Å². The summed E-state index contributed by atoms with van der Waals surface area (Å²) < 4.78 is 0. The van der Waals surface area contributed by atoms with Gasteiger partial charge in [-0.1, -0.05) is 36.4 Å². The first-order valence-corrected chi connectivity index (χ1v) is 5.16. The Morgan fingerprint density at radius 3 is 2.25 bits per heavy atom. The Morgan fingerprint density at radius 1 is 0.917 bits per heavy atom. The van der Waals surface area contributed by atoms with Crippen LogP contribution in [-0.4, -0.2) is 4.89 Å². The lowest BCUT2D eigenvalue weighted by Crippen LogP contribution is -1.69. The Morgan fingerprint density at radius 2 is 1.67 bits per heavy atom. The van der Waals surface area contributed by atoms with Gasteiger partial charge in [-0.2, -0.15) is 0 Å². The van der Waals surface area contributed by atoms with Crippen LogP contribution in [0.3, 0.4) is 0 Å². The van der Waals surface area contributed by atoms with E-state index in [0.29, 0.717) is 0 Å². The smallest absolute Gasteiger partial charge is 0.0267 e. The van der Waals surface area contributed by atoms with Crippen molar-refractivity contribution in [2.24, 2.45) is 0 Å². The number of hydrogen-bond donors (Lipinski definition) is 1. The molecule has 12 heavy (non-hydrogen) atoms. The molecule has 0 bridgehead atoms. The topological polar surface area (TPSA) is 20.2 Å². The minimum atomic E-state index is -1.02. The third-order valence-electron chi connectivity index (χ3n) is 1.80. The maximum atomic E-state index is 9.55. The molecule has 0 aliphatic rings. The molecule has 0 aliphatic carbocycles. The highest BCUT2D eigenvalue weighted by Crippen LogP contribution is 2.37. The summed E-state index contributed by atoms with van der Waals surface area (Å²) in [5.74, 6) is 1.84. The van der Waals surface area contributed by atoms with Gasteiger partial charge in [0, 0.05) is 13.1 Å². The number of benzene rings is 1. The van der Waals surface area contributed by atoms with Crippen LogP contribution in [0.25, 0.3) is 10.9 Å². The van der Waals surface area contributed by atoms with E-state index >= 15 is 0 Å². The van der Waals surface area contributed by atoms with E-state index in [4.69, 9.17) is 0 Å². The number of rotatable bonds is 1. The zero-order valence-corrected chi connectivity index (χ0v) is 7.41. The Kier molecular flexibility index (Phi) is 1.99. The molecule has 2 aromatic rings. The van der Waals surface area contributed by atoms with Crippen LogP contribution < -0.4 is 0 Å². The zero-order chi connectivity index (χ0) is 8.39. The van der Waals surface area contributed by atoms with Crippen molar-refractivity contribution < 1.29 is 4.89 Å². The van der Waals surface area contributed by atoms with Crippen LogP contribution in [0.5, 0.6) is 0 Å². The molecule has 0 spiro atoms. The molecule has 1 aromatic heterocycles. The Balaban J connectivity index is 2.51. The van der Waals surface area contributed by atoms with E-state index in [1.165, 1.54) is 0 Å². The Labute approximate surface area is 72.4 Å². The molecule has 0 saturated heterocycles. The van der Waals surface area contributed by atoms with Gasteiger partial charge in [-0.25, -0.2) is 0 Å². The molecular formula is C10H9OP. The van der Waals surface area contributed by atoms with Crippen molar-refractivity contribution in [1.29, 1.82) is 0 Å². The van der Waals surface area contributed by atoms with Crippen molar-refractivity contribution in [3.63, 3.8) is 0 Å². The van der Waals surface area contributed by atoms with E-state index in [2.05, 4.69) is 0 Å². The second-order valence-corrected chi connectivity index (χ2v) is 4.07. The molecule has 1 aromatic carbocycles. The van der Waals surface area contributed by atoms with Crippen LogP contribution in [0.15, 0.2) is 48.3 Å². The molecule has 0 radical (unpaired) electrons. The number of hydrogen-bond acceptors (Lipinski definition) is 1. The van der Waals surface area contributed by atoms with E-state index in [-0.39, 0.29) is 0 Å². The maximum Gasteiger partial charge on any atom is 0.0267 e. The first-order chi connectivity index (χ1) is 5.88. The van der Waals surface area contributed by atoms with Crippen molar-refractivity contribution >= 4 is 7.76 Å². The summed E-state index contributed by atoms with van der Waals surface area (Å²) in [6, 6.07) is 13.9. The first kappa shape index (κ1) is 7.60. The SMILES string of the molecule is Op1cccc1-c1ccccc1. The molecule has 2 heteroatoms. The van der Waals surface area contributed by atoms with Crippen molar-refractivity contribution in [3.05, 3.63) is 48.3 Å². The molecule has 1 N–H and O–H groups in total. The molecule has 2 rings (SSSR count). The van der Waals surface area contributed by atoms with Gasteiger partial charge in [-0.05, 0) is 17.4 Å². The third kappa shape index (κ3) is 1.29. The summed E-state index contributed by atoms with van der Waals surface area (Å²) in [7, 11) is -1.02. The van der Waals surface area contributed by atoms with Gasteiger partial charge in [0.05, 0.1) is 0 Å². The summed E-state index contributed by atoms with van der Waals surface area (Å²) in [6.45, 7) is 0. The van der Waals surface area contributed by atoms with Crippen molar-refractivity contribution in [1.82, 2.24) is 0 Å². The summed E-state index contributed by atoms with van der Waals surface area (Å²) in [5, 5.41) is 1.05. The van der Waals surface area contributed by atoms with E-state index in [1.54, 1.807) is 0 Å². The highest BCUT2D eigenvalue weighted by Gasteiger charge is 2.00. The quantitative estimate of drug-likeness (QED) is 0.707. The summed E-state index contributed by atoms with van der Waals surface area (Å²) >= 11 is 0. The van der Waals surface area contributed by atoms with E-state index in [0.717, 1.165) is 10.9 Å². The van der Waals surface area contributed by atoms with Gasteiger partial charge in [-0.3, -0.25) is 0 Å². The van der Waals surface area contributed by atoms with E-state index in [9.17, 15) is 4.89 Å². The molecule has 1 atom stereocenters. The van der Waals surface area contributed by atoms with Crippen molar-refractivity contribution in [2.45, 2.75) is 0 Å². The predicted octanol–water partition coefficient (Wildman–Crippen LogP) is 3.10. The fraction of sp³-hybridized carbons (Fsp3) is 0. The second kappa shape index (κ2) is 3.14. The lowest BCUT2D eigenvalue weighted by atomic mass is 10.2. The highest BCUT2D eigenvalue weighted by molar-refractivity contribution is 7.46. The average Bonchev–Trinajstić information content (AvgIpc) is 2.53. The lowest BCUT2D eigenvalue weighted by Gasteiger charge is -1.97. The van der Waals surface area contributed by atoms with Crippen LogP contribution in [0, 0.1) is 0 Å². The van der Waals surface area contributed by atoms with Crippen LogP contribution in [-0.2, 0) is 0 Å². The second-order valence-electron chi connectivity index (χ2n) is 2.60. The Bertz CT molecular complexity index is 364. The third-order valence-corrected chi connectivity index (χ3v) is 3.15. The molecule has 0 amide bonds. The fourth-order valence-corrected chi connectivity index (χ4v) is 2.27. The summed E-state index contributed by atoms with van der Waals surface area (Å²) in [6.07, 6.45) is 0. The molecule has 0 fully saturated rings. The van der Waals surface area contributed by atoms with Crippen LogP contribution in [0.1, 0.15) is 0 Å². The van der Waals surface area contributed by atoms with Gasteiger partial charge in [0.2, 0.25) is 0 Å². The van der Waals surface area contributed by atoms with Crippen LogP contribution in [0.4, 0.5) is 0 Å².